The molecule has 1 aliphatic heterocycles. The molecule has 2 rings (SSSR count). The fraction of sp³-hybridized carbons (Fsp3) is 0.417. The number of phenols is 1. The Labute approximate surface area is 104 Å². The van der Waals surface area contributed by atoms with E-state index < -0.39 is 5.82 Å². The molecule has 1 atom stereocenters. The van der Waals surface area contributed by atoms with Crippen molar-refractivity contribution in [2.45, 2.75) is 13.0 Å². The first kappa shape index (κ1) is 12.2. The summed E-state index contributed by atoms with van der Waals surface area (Å²) in [6.45, 7) is 2.60. The number of rotatable bonds is 1. The van der Waals surface area contributed by atoms with Gasteiger partial charge in [0.2, 0.25) is 0 Å². The van der Waals surface area contributed by atoms with Crippen LogP contribution in [0.1, 0.15) is 17.3 Å². The standard InChI is InChI=1S/C12H14FNO2S/c1-8-7-17-5-4-14(8)12(16)10-6-9(13)2-3-11(10)15/h2-3,6,8,15H,4-5,7H2,1H3. The molecule has 1 amide bonds. The van der Waals surface area contributed by atoms with Crippen LogP contribution in [0.25, 0.3) is 0 Å². The van der Waals surface area contributed by atoms with Crippen LogP contribution in [0.2, 0.25) is 0 Å². The molecule has 1 aromatic carbocycles. The summed E-state index contributed by atoms with van der Waals surface area (Å²) in [5.74, 6) is 0.787. The number of carbonyl (C=O) groups is 1. The van der Waals surface area contributed by atoms with Crippen molar-refractivity contribution in [1.82, 2.24) is 4.90 Å². The Hall–Kier alpha value is -1.23. The quantitative estimate of drug-likeness (QED) is 0.835. The number of nitrogens with zero attached hydrogens (tertiary/aromatic N) is 1. The number of benzene rings is 1. The first-order valence-electron chi connectivity index (χ1n) is 5.47. The molecular weight excluding hydrogens is 241 g/mol. The van der Waals surface area contributed by atoms with Gasteiger partial charge in [0.15, 0.2) is 0 Å². The lowest BCUT2D eigenvalue weighted by molar-refractivity contribution is 0.0712. The molecule has 1 saturated heterocycles. The lowest BCUT2D eigenvalue weighted by Gasteiger charge is -2.33. The molecule has 0 aliphatic carbocycles. The number of thioether (sulfide) groups is 1. The maximum Gasteiger partial charge on any atom is 0.258 e. The van der Waals surface area contributed by atoms with Gasteiger partial charge in [-0.05, 0) is 25.1 Å². The van der Waals surface area contributed by atoms with Gasteiger partial charge >= 0.3 is 0 Å². The van der Waals surface area contributed by atoms with Crippen molar-refractivity contribution in [1.29, 1.82) is 0 Å². The average molecular weight is 255 g/mol. The Bertz CT molecular complexity index is 439. The van der Waals surface area contributed by atoms with Gasteiger partial charge in [0.25, 0.3) is 5.91 Å². The second-order valence-electron chi connectivity index (χ2n) is 4.08. The average Bonchev–Trinajstić information content (AvgIpc) is 2.32. The highest BCUT2D eigenvalue weighted by molar-refractivity contribution is 7.99. The first-order chi connectivity index (χ1) is 8.09. The highest BCUT2D eigenvalue weighted by Crippen LogP contribution is 2.23. The third kappa shape index (κ3) is 2.54. The molecule has 1 N–H and O–H groups in total. The molecule has 5 heteroatoms. The van der Waals surface area contributed by atoms with Crippen LogP contribution in [0, 0.1) is 5.82 Å². The first-order valence-corrected chi connectivity index (χ1v) is 6.62. The van der Waals surface area contributed by atoms with E-state index in [2.05, 4.69) is 0 Å². The van der Waals surface area contributed by atoms with Crippen molar-refractivity contribution in [3.63, 3.8) is 0 Å². The Morgan fingerprint density at radius 3 is 3.06 bits per heavy atom. The van der Waals surface area contributed by atoms with E-state index in [-0.39, 0.29) is 23.3 Å². The minimum atomic E-state index is -0.509. The summed E-state index contributed by atoms with van der Waals surface area (Å²) >= 11 is 1.80. The molecule has 0 bridgehead atoms. The molecule has 3 nitrogen and oxygen atoms in total. The second kappa shape index (κ2) is 4.96. The number of carbonyl (C=O) groups excluding carboxylic acids is 1. The Balaban J connectivity index is 2.26. The highest BCUT2D eigenvalue weighted by Gasteiger charge is 2.26. The van der Waals surface area contributed by atoms with Gasteiger partial charge in [-0.25, -0.2) is 4.39 Å². The lowest BCUT2D eigenvalue weighted by atomic mass is 10.1. The van der Waals surface area contributed by atoms with Gasteiger partial charge in [0.05, 0.1) is 5.56 Å². The van der Waals surface area contributed by atoms with Crippen molar-refractivity contribution in [2.24, 2.45) is 0 Å². The molecule has 1 aromatic rings. The van der Waals surface area contributed by atoms with Crippen LogP contribution in [-0.4, -0.2) is 40.0 Å². The van der Waals surface area contributed by atoms with Crippen LogP contribution in [0.5, 0.6) is 5.75 Å². The van der Waals surface area contributed by atoms with Crippen LogP contribution in [0.15, 0.2) is 18.2 Å². The SMILES string of the molecule is CC1CSCCN1C(=O)c1cc(F)ccc1O. The van der Waals surface area contributed by atoms with Crippen molar-refractivity contribution < 1.29 is 14.3 Å². The number of hydrogen-bond acceptors (Lipinski definition) is 3. The smallest absolute Gasteiger partial charge is 0.258 e. The predicted molar refractivity (Wildman–Crippen MR) is 65.9 cm³/mol. The number of phenolic OH excluding ortho intramolecular Hbond substituents is 1. The van der Waals surface area contributed by atoms with E-state index in [1.165, 1.54) is 6.07 Å². The fourth-order valence-electron chi connectivity index (χ4n) is 1.86. The summed E-state index contributed by atoms with van der Waals surface area (Å²) in [6.07, 6.45) is 0. The molecule has 0 radical (unpaired) electrons. The fourth-order valence-corrected chi connectivity index (χ4v) is 2.88. The predicted octanol–water partition coefficient (Wildman–Crippen LogP) is 2.11. The van der Waals surface area contributed by atoms with Gasteiger partial charge in [-0.15, -0.1) is 0 Å². The number of hydrogen-bond donors (Lipinski definition) is 1. The number of halogens is 1. The Morgan fingerprint density at radius 2 is 2.35 bits per heavy atom. The van der Waals surface area contributed by atoms with Crippen molar-refractivity contribution in [3.8, 4) is 5.75 Å². The van der Waals surface area contributed by atoms with Crippen molar-refractivity contribution >= 4 is 17.7 Å². The topological polar surface area (TPSA) is 40.5 Å². The summed E-state index contributed by atoms with van der Waals surface area (Å²) in [5.41, 5.74) is 0.0451. The van der Waals surface area contributed by atoms with Crippen LogP contribution >= 0.6 is 11.8 Å². The third-order valence-corrected chi connectivity index (χ3v) is 4.01. The van der Waals surface area contributed by atoms with E-state index in [0.29, 0.717) is 6.54 Å². The number of aromatic hydroxyl groups is 1. The van der Waals surface area contributed by atoms with Crippen molar-refractivity contribution in [3.05, 3.63) is 29.6 Å². The summed E-state index contributed by atoms with van der Waals surface area (Å²) in [7, 11) is 0. The van der Waals surface area contributed by atoms with E-state index in [9.17, 15) is 14.3 Å². The molecule has 0 aromatic heterocycles. The van der Waals surface area contributed by atoms with E-state index in [1.54, 1.807) is 16.7 Å². The summed E-state index contributed by atoms with van der Waals surface area (Å²) in [6, 6.07) is 3.56. The largest absolute Gasteiger partial charge is 0.507 e. The number of amides is 1. The Kier molecular flexibility index (Phi) is 3.57. The van der Waals surface area contributed by atoms with Gasteiger partial charge < -0.3 is 10.0 Å². The second-order valence-corrected chi connectivity index (χ2v) is 5.23. The lowest BCUT2D eigenvalue weighted by Crippen LogP contribution is -2.44. The maximum absolute atomic E-state index is 13.1. The maximum atomic E-state index is 13.1. The molecule has 1 unspecified atom stereocenters. The molecule has 1 aliphatic rings. The normalized spacial score (nSPS) is 20.4. The van der Waals surface area contributed by atoms with Gasteiger partial charge in [0.1, 0.15) is 11.6 Å². The van der Waals surface area contributed by atoms with Gasteiger partial charge in [0, 0.05) is 24.1 Å². The third-order valence-electron chi connectivity index (χ3n) is 2.82. The summed E-state index contributed by atoms with van der Waals surface area (Å²) in [4.78, 5) is 13.9. The minimum absolute atomic E-state index is 0.0451. The molecular formula is C12H14FNO2S. The zero-order valence-electron chi connectivity index (χ0n) is 9.52. The zero-order valence-corrected chi connectivity index (χ0v) is 10.3. The van der Waals surface area contributed by atoms with Gasteiger partial charge in [-0.3, -0.25) is 4.79 Å². The van der Waals surface area contributed by atoms with E-state index in [0.717, 1.165) is 23.6 Å². The highest BCUT2D eigenvalue weighted by atomic mass is 32.2. The molecule has 1 fully saturated rings. The van der Waals surface area contributed by atoms with Crippen LogP contribution in [0.3, 0.4) is 0 Å². The van der Waals surface area contributed by atoms with E-state index in [1.807, 2.05) is 6.92 Å². The molecule has 17 heavy (non-hydrogen) atoms. The van der Waals surface area contributed by atoms with Crippen LogP contribution in [-0.2, 0) is 0 Å². The monoisotopic (exact) mass is 255 g/mol. The van der Waals surface area contributed by atoms with E-state index >= 15 is 0 Å². The Morgan fingerprint density at radius 1 is 1.59 bits per heavy atom. The van der Waals surface area contributed by atoms with Crippen LogP contribution < -0.4 is 0 Å². The van der Waals surface area contributed by atoms with Crippen molar-refractivity contribution in [2.75, 3.05) is 18.1 Å². The molecule has 92 valence electrons. The molecule has 0 saturated carbocycles. The summed E-state index contributed by atoms with van der Waals surface area (Å²) < 4.78 is 13.1. The molecule has 0 spiro atoms. The van der Waals surface area contributed by atoms with Gasteiger partial charge in [-0.1, -0.05) is 0 Å². The summed E-state index contributed by atoms with van der Waals surface area (Å²) in [5, 5.41) is 9.60. The van der Waals surface area contributed by atoms with Gasteiger partial charge in [-0.2, -0.15) is 11.8 Å². The van der Waals surface area contributed by atoms with E-state index in [4.69, 9.17) is 0 Å². The minimum Gasteiger partial charge on any atom is -0.507 e. The zero-order chi connectivity index (χ0) is 12.4. The molecule has 1 heterocycles. The van der Waals surface area contributed by atoms with Crippen LogP contribution in [0.4, 0.5) is 4.39 Å².